The fourth-order valence-electron chi connectivity index (χ4n) is 1.53. The molecule has 90 valence electrons. The molecule has 0 saturated carbocycles. The lowest BCUT2D eigenvalue weighted by molar-refractivity contribution is -0.113. The van der Waals surface area contributed by atoms with Gasteiger partial charge < -0.3 is 5.32 Å². The number of rotatable bonds is 5. The van der Waals surface area contributed by atoms with Gasteiger partial charge in [0.25, 0.3) is 0 Å². The molecule has 1 aromatic rings. The lowest BCUT2D eigenvalue weighted by atomic mass is 10.1. The lowest BCUT2D eigenvalue weighted by Crippen LogP contribution is -2.14. The van der Waals surface area contributed by atoms with E-state index in [4.69, 9.17) is 5.26 Å². The second kappa shape index (κ2) is 6.97. The van der Waals surface area contributed by atoms with Gasteiger partial charge in [-0.3, -0.25) is 4.79 Å². The first-order valence-electron chi connectivity index (χ1n) is 5.44. The van der Waals surface area contributed by atoms with E-state index in [9.17, 15) is 4.79 Å². The van der Waals surface area contributed by atoms with Crippen molar-refractivity contribution in [1.82, 2.24) is 0 Å². The van der Waals surface area contributed by atoms with Crippen molar-refractivity contribution in [2.45, 2.75) is 20.3 Å². The molecule has 0 atom stereocenters. The molecule has 3 nitrogen and oxygen atoms in total. The van der Waals surface area contributed by atoms with Crippen molar-refractivity contribution >= 4 is 23.4 Å². The average Bonchev–Trinajstić information content (AvgIpc) is 2.23. The van der Waals surface area contributed by atoms with Gasteiger partial charge in [-0.1, -0.05) is 6.07 Å². The topological polar surface area (TPSA) is 52.9 Å². The highest BCUT2D eigenvalue weighted by Gasteiger charge is 2.03. The van der Waals surface area contributed by atoms with Crippen LogP contribution in [0.15, 0.2) is 18.2 Å². The molecule has 17 heavy (non-hydrogen) atoms. The van der Waals surface area contributed by atoms with Crippen molar-refractivity contribution in [3.63, 3.8) is 0 Å². The largest absolute Gasteiger partial charge is 0.325 e. The Balaban J connectivity index is 2.43. The van der Waals surface area contributed by atoms with Crippen molar-refractivity contribution in [3.8, 4) is 6.07 Å². The zero-order valence-electron chi connectivity index (χ0n) is 10.1. The third-order valence-corrected chi connectivity index (χ3v) is 3.06. The van der Waals surface area contributed by atoms with Gasteiger partial charge >= 0.3 is 0 Å². The summed E-state index contributed by atoms with van der Waals surface area (Å²) in [5.41, 5.74) is 3.11. The summed E-state index contributed by atoms with van der Waals surface area (Å²) in [7, 11) is 0. The maximum atomic E-state index is 11.6. The number of aryl methyl sites for hydroxylation is 2. The Bertz CT molecular complexity index is 417. The highest BCUT2D eigenvalue weighted by atomic mass is 32.2. The van der Waals surface area contributed by atoms with E-state index in [1.807, 2.05) is 26.0 Å². The van der Waals surface area contributed by atoms with Crippen LogP contribution in [0.5, 0.6) is 0 Å². The van der Waals surface area contributed by atoms with Crippen LogP contribution in [0.25, 0.3) is 0 Å². The molecule has 0 radical (unpaired) electrons. The van der Waals surface area contributed by atoms with E-state index < -0.39 is 0 Å². The maximum absolute atomic E-state index is 11.6. The van der Waals surface area contributed by atoms with Gasteiger partial charge in [-0.15, -0.1) is 0 Å². The number of carbonyl (C=O) groups excluding carboxylic acids is 1. The predicted octanol–water partition coefficient (Wildman–Crippen LogP) is 2.89. The first-order valence-corrected chi connectivity index (χ1v) is 6.60. The van der Waals surface area contributed by atoms with E-state index >= 15 is 0 Å². The molecular weight excluding hydrogens is 232 g/mol. The Labute approximate surface area is 106 Å². The van der Waals surface area contributed by atoms with E-state index in [1.54, 1.807) is 0 Å². The molecule has 0 fully saturated rings. The minimum Gasteiger partial charge on any atom is -0.325 e. The minimum absolute atomic E-state index is 0.0158. The molecular formula is C13H16N2OS. The Morgan fingerprint density at radius 2 is 2.00 bits per heavy atom. The summed E-state index contributed by atoms with van der Waals surface area (Å²) in [6.07, 6.45) is 0.488. The normalized spacial score (nSPS) is 9.71. The summed E-state index contributed by atoms with van der Waals surface area (Å²) < 4.78 is 0. The van der Waals surface area contributed by atoms with Crippen LogP contribution in [0.1, 0.15) is 17.5 Å². The zero-order chi connectivity index (χ0) is 12.7. The highest BCUT2D eigenvalue weighted by Crippen LogP contribution is 2.14. The lowest BCUT2D eigenvalue weighted by Gasteiger charge is -2.07. The highest BCUT2D eigenvalue weighted by molar-refractivity contribution is 7.99. The second-order valence-corrected chi connectivity index (χ2v) is 4.99. The molecule has 0 bridgehead atoms. The fourth-order valence-corrected chi connectivity index (χ4v) is 2.16. The van der Waals surface area contributed by atoms with Crippen molar-refractivity contribution in [2.75, 3.05) is 16.8 Å². The van der Waals surface area contributed by atoms with Crippen LogP contribution in [-0.4, -0.2) is 17.4 Å². The van der Waals surface area contributed by atoms with Gasteiger partial charge in [-0.25, -0.2) is 0 Å². The maximum Gasteiger partial charge on any atom is 0.234 e. The number of hydrogen-bond donors (Lipinski definition) is 1. The molecule has 0 unspecified atom stereocenters. The number of nitrogens with one attached hydrogen (secondary N) is 1. The molecule has 0 aliphatic rings. The summed E-state index contributed by atoms with van der Waals surface area (Å²) in [6.45, 7) is 4.01. The van der Waals surface area contributed by atoms with E-state index in [-0.39, 0.29) is 5.91 Å². The van der Waals surface area contributed by atoms with Gasteiger partial charge in [0, 0.05) is 17.9 Å². The number of anilines is 1. The molecule has 1 amide bonds. The van der Waals surface area contributed by atoms with E-state index in [0.717, 1.165) is 16.8 Å². The van der Waals surface area contributed by atoms with E-state index in [1.165, 1.54) is 11.8 Å². The molecule has 0 saturated heterocycles. The smallest absolute Gasteiger partial charge is 0.234 e. The number of amides is 1. The van der Waals surface area contributed by atoms with Crippen LogP contribution in [-0.2, 0) is 4.79 Å². The molecule has 0 spiro atoms. The molecule has 4 heteroatoms. The summed E-state index contributed by atoms with van der Waals surface area (Å²) in [5.74, 6) is 1.09. The number of thioether (sulfide) groups is 1. The monoisotopic (exact) mass is 248 g/mol. The summed E-state index contributed by atoms with van der Waals surface area (Å²) in [5, 5.41) is 11.2. The van der Waals surface area contributed by atoms with E-state index in [2.05, 4.69) is 17.5 Å². The standard InChI is InChI=1S/C13H16N2OS/c1-10-6-11(2)8-12(7-10)15-13(16)9-17-5-3-4-14/h6-8H,3,5,9H2,1-2H3,(H,15,16). The third kappa shape index (κ3) is 5.41. The van der Waals surface area contributed by atoms with Crippen LogP contribution in [0.3, 0.4) is 0 Å². The van der Waals surface area contributed by atoms with Crippen molar-refractivity contribution in [3.05, 3.63) is 29.3 Å². The van der Waals surface area contributed by atoms with Crippen molar-refractivity contribution in [2.24, 2.45) is 0 Å². The Kier molecular flexibility index (Phi) is 5.58. The van der Waals surface area contributed by atoms with Crippen LogP contribution < -0.4 is 5.32 Å². The van der Waals surface area contributed by atoms with Gasteiger partial charge in [0.1, 0.15) is 0 Å². The Hall–Kier alpha value is -1.47. The second-order valence-electron chi connectivity index (χ2n) is 3.89. The van der Waals surface area contributed by atoms with Gasteiger partial charge in [-0.05, 0) is 37.1 Å². The molecule has 0 aliphatic heterocycles. The number of benzene rings is 1. The molecule has 1 rings (SSSR count). The minimum atomic E-state index is -0.0158. The summed E-state index contributed by atoms with van der Waals surface area (Å²) in [4.78, 5) is 11.6. The van der Waals surface area contributed by atoms with Crippen LogP contribution in [0, 0.1) is 25.2 Å². The van der Waals surface area contributed by atoms with Gasteiger partial charge in [0.05, 0.1) is 11.8 Å². The molecule has 0 aromatic heterocycles. The van der Waals surface area contributed by atoms with Crippen molar-refractivity contribution < 1.29 is 4.79 Å². The molecule has 1 aromatic carbocycles. The first-order chi connectivity index (χ1) is 8.11. The molecule has 0 heterocycles. The van der Waals surface area contributed by atoms with E-state index in [0.29, 0.717) is 17.9 Å². The number of carbonyl (C=O) groups is 1. The van der Waals surface area contributed by atoms with Crippen molar-refractivity contribution in [1.29, 1.82) is 5.26 Å². The molecule has 0 aliphatic carbocycles. The summed E-state index contributed by atoms with van der Waals surface area (Å²) in [6, 6.07) is 8.02. The van der Waals surface area contributed by atoms with Gasteiger partial charge in [0.15, 0.2) is 0 Å². The van der Waals surface area contributed by atoms with Gasteiger partial charge in [-0.2, -0.15) is 17.0 Å². The number of nitrogens with zero attached hydrogens (tertiary/aromatic N) is 1. The first kappa shape index (κ1) is 13.6. The Morgan fingerprint density at radius 3 is 2.59 bits per heavy atom. The third-order valence-electron chi connectivity index (χ3n) is 2.10. The van der Waals surface area contributed by atoms with Crippen LogP contribution >= 0.6 is 11.8 Å². The average molecular weight is 248 g/mol. The predicted molar refractivity (Wildman–Crippen MR) is 72.1 cm³/mol. The van der Waals surface area contributed by atoms with Crippen LogP contribution in [0.2, 0.25) is 0 Å². The number of hydrogen-bond acceptors (Lipinski definition) is 3. The summed E-state index contributed by atoms with van der Waals surface area (Å²) >= 11 is 1.48. The van der Waals surface area contributed by atoms with Gasteiger partial charge in [0.2, 0.25) is 5.91 Å². The fraction of sp³-hybridized carbons (Fsp3) is 0.385. The van der Waals surface area contributed by atoms with Crippen LogP contribution in [0.4, 0.5) is 5.69 Å². The zero-order valence-corrected chi connectivity index (χ0v) is 10.9. The SMILES string of the molecule is Cc1cc(C)cc(NC(=O)CSCCC#N)c1. The Morgan fingerprint density at radius 1 is 1.35 bits per heavy atom. The quantitative estimate of drug-likeness (QED) is 0.815. The number of nitriles is 1. The molecule has 1 N–H and O–H groups in total.